The first kappa shape index (κ1) is 9.86. The van der Waals surface area contributed by atoms with E-state index in [2.05, 4.69) is 5.32 Å². The average molecular weight is 200 g/mol. The summed E-state index contributed by atoms with van der Waals surface area (Å²) in [4.78, 5) is 10.6. The van der Waals surface area contributed by atoms with Crippen molar-refractivity contribution in [2.45, 2.75) is 6.92 Å². The van der Waals surface area contributed by atoms with Gasteiger partial charge in [0.25, 0.3) is 0 Å². The van der Waals surface area contributed by atoms with Crippen LogP contribution in [-0.2, 0) is 0 Å². The summed E-state index contributed by atoms with van der Waals surface area (Å²) in [6.45, 7) is 2.67. The van der Waals surface area contributed by atoms with E-state index >= 15 is 0 Å². The fourth-order valence-corrected chi connectivity index (χ4v) is 1.25. The maximum absolute atomic E-state index is 10.6. The Bertz CT molecular complexity index is 325. The van der Waals surface area contributed by atoms with Crippen molar-refractivity contribution in [1.82, 2.24) is 0 Å². The first-order chi connectivity index (χ1) is 6.13. The van der Waals surface area contributed by atoms with Gasteiger partial charge in [-0.1, -0.05) is 11.6 Å². The molecule has 13 heavy (non-hydrogen) atoms. The van der Waals surface area contributed by atoms with E-state index in [1.54, 1.807) is 12.1 Å². The third-order valence-electron chi connectivity index (χ3n) is 1.53. The Kier molecular flexibility index (Phi) is 3.14. The van der Waals surface area contributed by atoms with Crippen molar-refractivity contribution in [1.29, 1.82) is 0 Å². The minimum atomic E-state index is -0.971. The van der Waals surface area contributed by atoms with Crippen LogP contribution in [0.5, 0.6) is 0 Å². The molecule has 0 aliphatic heterocycles. The number of anilines is 1. The number of carbonyl (C=O) groups is 1. The average Bonchev–Trinajstić information content (AvgIpc) is 2.03. The van der Waals surface area contributed by atoms with Gasteiger partial charge in [-0.25, -0.2) is 4.79 Å². The Balaban J connectivity index is 3.03. The highest BCUT2D eigenvalue weighted by molar-refractivity contribution is 6.31. The van der Waals surface area contributed by atoms with Crippen LogP contribution in [0.15, 0.2) is 18.2 Å². The molecule has 0 fully saturated rings. The van der Waals surface area contributed by atoms with Crippen molar-refractivity contribution < 1.29 is 9.90 Å². The van der Waals surface area contributed by atoms with Crippen molar-refractivity contribution >= 4 is 23.3 Å². The van der Waals surface area contributed by atoms with Crippen molar-refractivity contribution in [2.75, 3.05) is 11.9 Å². The van der Waals surface area contributed by atoms with Crippen LogP contribution in [0.4, 0.5) is 5.69 Å². The van der Waals surface area contributed by atoms with E-state index in [1.165, 1.54) is 6.07 Å². The van der Waals surface area contributed by atoms with Crippen LogP contribution in [0.1, 0.15) is 17.3 Å². The van der Waals surface area contributed by atoms with E-state index < -0.39 is 5.97 Å². The Morgan fingerprint density at radius 3 is 2.77 bits per heavy atom. The summed E-state index contributed by atoms with van der Waals surface area (Å²) in [5, 5.41) is 12.1. The molecule has 0 atom stereocenters. The molecule has 0 aromatic heterocycles. The van der Waals surface area contributed by atoms with Crippen LogP contribution in [0.3, 0.4) is 0 Å². The van der Waals surface area contributed by atoms with Gasteiger partial charge in [-0.2, -0.15) is 0 Å². The van der Waals surface area contributed by atoms with Gasteiger partial charge in [-0.15, -0.1) is 0 Å². The van der Waals surface area contributed by atoms with E-state index in [4.69, 9.17) is 16.7 Å². The molecule has 70 valence electrons. The molecule has 3 nitrogen and oxygen atoms in total. The smallest absolute Gasteiger partial charge is 0.335 e. The van der Waals surface area contributed by atoms with E-state index in [1.807, 2.05) is 6.92 Å². The molecule has 0 unspecified atom stereocenters. The van der Waals surface area contributed by atoms with Crippen molar-refractivity contribution in [3.8, 4) is 0 Å². The normalized spacial score (nSPS) is 9.69. The summed E-state index contributed by atoms with van der Waals surface area (Å²) in [5.74, 6) is -0.971. The van der Waals surface area contributed by atoms with Gasteiger partial charge in [0.05, 0.1) is 5.56 Å². The van der Waals surface area contributed by atoms with Crippen molar-refractivity contribution in [3.63, 3.8) is 0 Å². The second-order valence-corrected chi connectivity index (χ2v) is 3.00. The predicted molar refractivity (Wildman–Crippen MR) is 52.6 cm³/mol. The monoisotopic (exact) mass is 199 g/mol. The lowest BCUT2D eigenvalue weighted by atomic mass is 10.2. The second kappa shape index (κ2) is 4.14. The lowest BCUT2D eigenvalue weighted by Crippen LogP contribution is -2.00. The molecule has 0 spiro atoms. The zero-order valence-electron chi connectivity index (χ0n) is 7.17. The van der Waals surface area contributed by atoms with E-state index in [9.17, 15) is 4.79 Å². The number of aromatic carboxylic acids is 1. The molecule has 4 heteroatoms. The molecule has 0 aliphatic carbocycles. The van der Waals surface area contributed by atoms with Crippen molar-refractivity contribution in [3.05, 3.63) is 28.8 Å². The van der Waals surface area contributed by atoms with Crippen LogP contribution in [0.25, 0.3) is 0 Å². The summed E-state index contributed by atoms with van der Waals surface area (Å²) < 4.78 is 0. The van der Waals surface area contributed by atoms with E-state index in [0.717, 1.165) is 12.2 Å². The maximum atomic E-state index is 10.6. The number of nitrogens with one attached hydrogen (secondary N) is 1. The molecule has 1 aromatic carbocycles. The maximum Gasteiger partial charge on any atom is 0.335 e. The van der Waals surface area contributed by atoms with Gasteiger partial charge in [-0.05, 0) is 25.1 Å². The third kappa shape index (κ3) is 2.63. The molecule has 1 rings (SSSR count). The van der Waals surface area contributed by atoms with E-state index in [0.29, 0.717) is 5.02 Å². The fraction of sp³-hybridized carbons (Fsp3) is 0.222. The summed E-state index contributed by atoms with van der Waals surface area (Å²) >= 11 is 5.73. The largest absolute Gasteiger partial charge is 0.478 e. The van der Waals surface area contributed by atoms with Gasteiger partial charge in [-0.3, -0.25) is 0 Å². The van der Waals surface area contributed by atoms with Crippen LogP contribution in [-0.4, -0.2) is 17.6 Å². The highest BCUT2D eigenvalue weighted by Gasteiger charge is 2.05. The van der Waals surface area contributed by atoms with Gasteiger partial charge in [0.2, 0.25) is 0 Å². The highest BCUT2D eigenvalue weighted by Crippen LogP contribution is 2.18. The lowest BCUT2D eigenvalue weighted by molar-refractivity contribution is 0.0697. The Hall–Kier alpha value is -1.22. The number of halogens is 1. The molecular weight excluding hydrogens is 190 g/mol. The number of carboxylic acids is 1. The summed E-state index contributed by atoms with van der Waals surface area (Å²) in [7, 11) is 0. The standard InChI is InChI=1S/C9H10ClNO2/c1-2-11-8-4-6(9(12)13)3-7(10)5-8/h3-5,11H,2H2,1H3,(H,12,13). The molecule has 0 saturated heterocycles. The molecule has 0 amide bonds. The molecule has 1 aromatic rings. The third-order valence-corrected chi connectivity index (χ3v) is 1.74. The minimum Gasteiger partial charge on any atom is -0.478 e. The van der Waals surface area contributed by atoms with Crippen molar-refractivity contribution in [2.24, 2.45) is 0 Å². The number of hydrogen-bond donors (Lipinski definition) is 2. The first-order valence-electron chi connectivity index (χ1n) is 3.91. The molecule has 0 heterocycles. The van der Waals surface area contributed by atoms with E-state index in [-0.39, 0.29) is 5.56 Å². The Morgan fingerprint density at radius 1 is 1.54 bits per heavy atom. The second-order valence-electron chi connectivity index (χ2n) is 2.56. The number of benzene rings is 1. The number of rotatable bonds is 3. The molecule has 0 bridgehead atoms. The van der Waals surface area contributed by atoms with Crippen LogP contribution in [0.2, 0.25) is 5.02 Å². The number of hydrogen-bond acceptors (Lipinski definition) is 2. The van der Waals surface area contributed by atoms with Crippen LogP contribution in [0, 0.1) is 0 Å². The molecule has 0 aliphatic rings. The summed E-state index contributed by atoms with van der Waals surface area (Å²) in [6, 6.07) is 4.67. The lowest BCUT2D eigenvalue weighted by Gasteiger charge is -2.04. The van der Waals surface area contributed by atoms with Crippen LogP contribution >= 0.6 is 11.6 Å². The topological polar surface area (TPSA) is 49.3 Å². The summed E-state index contributed by atoms with van der Waals surface area (Å²) in [5.41, 5.74) is 0.927. The Labute approximate surface area is 81.3 Å². The molecule has 2 N–H and O–H groups in total. The first-order valence-corrected chi connectivity index (χ1v) is 4.29. The molecule has 0 saturated carbocycles. The minimum absolute atomic E-state index is 0.198. The molecule has 0 radical (unpaired) electrons. The van der Waals surface area contributed by atoms with Gasteiger partial charge in [0.1, 0.15) is 0 Å². The van der Waals surface area contributed by atoms with Gasteiger partial charge < -0.3 is 10.4 Å². The Morgan fingerprint density at radius 2 is 2.23 bits per heavy atom. The van der Waals surface area contributed by atoms with Gasteiger partial charge in [0, 0.05) is 17.3 Å². The number of carboxylic acid groups (broad SMARTS) is 1. The van der Waals surface area contributed by atoms with Crippen LogP contribution < -0.4 is 5.32 Å². The van der Waals surface area contributed by atoms with Gasteiger partial charge in [0.15, 0.2) is 0 Å². The molecular formula is C9H10ClNO2. The highest BCUT2D eigenvalue weighted by atomic mass is 35.5. The zero-order valence-corrected chi connectivity index (χ0v) is 7.93. The van der Waals surface area contributed by atoms with Gasteiger partial charge >= 0.3 is 5.97 Å². The summed E-state index contributed by atoms with van der Waals surface area (Å²) in [6.07, 6.45) is 0. The zero-order chi connectivity index (χ0) is 9.84. The predicted octanol–water partition coefficient (Wildman–Crippen LogP) is 2.47. The SMILES string of the molecule is CCNc1cc(Cl)cc(C(=O)O)c1. The fourth-order valence-electron chi connectivity index (χ4n) is 1.02. The quantitative estimate of drug-likeness (QED) is 0.786.